The van der Waals surface area contributed by atoms with Gasteiger partial charge in [-0.15, -0.1) is 0 Å². The van der Waals surface area contributed by atoms with E-state index in [0.717, 1.165) is 0 Å². The molecule has 90 valence electrons. The smallest absolute Gasteiger partial charge is 0.129 e. The van der Waals surface area contributed by atoms with Crippen LogP contribution in [0.1, 0.15) is 11.6 Å². The largest absolute Gasteiger partial charge is 0.394 e. The number of hydrogen-bond donors (Lipinski definition) is 2. The average Bonchev–Trinajstić information content (AvgIpc) is 2.26. The molecular formula is C11H15BrFNO2. The number of methoxy groups -OCH3 is 1. The SMILES string of the molecule is COCCNC(CO)c1ccc(Br)cc1F. The molecular weight excluding hydrogens is 277 g/mol. The Kier molecular flexibility index (Phi) is 5.90. The molecule has 0 spiro atoms. The maximum absolute atomic E-state index is 13.6. The third-order valence-electron chi connectivity index (χ3n) is 2.22. The van der Waals surface area contributed by atoms with E-state index >= 15 is 0 Å². The van der Waals surface area contributed by atoms with Crippen LogP contribution in [0.25, 0.3) is 0 Å². The molecule has 0 radical (unpaired) electrons. The molecule has 0 bridgehead atoms. The van der Waals surface area contributed by atoms with E-state index in [2.05, 4.69) is 21.2 Å². The van der Waals surface area contributed by atoms with Gasteiger partial charge in [-0.05, 0) is 12.1 Å². The van der Waals surface area contributed by atoms with Crippen LogP contribution in [0.3, 0.4) is 0 Å². The second kappa shape index (κ2) is 6.96. The molecule has 2 N–H and O–H groups in total. The Bertz CT molecular complexity index is 336. The molecule has 0 aliphatic carbocycles. The Morgan fingerprint density at radius 2 is 2.31 bits per heavy atom. The first-order valence-corrected chi connectivity index (χ1v) is 5.76. The van der Waals surface area contributed by atoms with Crippen molar-refractivity contribution in [1.29, 1.82) is 0 Å². The molecule has 0 fully saturated rings. The summed E-state index contributed by atoms with van der Waals surface area (Å²) in [4.78, 5) is 0. The Morgan fingerprint density at radius 3 is 2.88 bits per heavy atom. The number of rotatable bonds is 6. The van der Waals surface area contributed by atoms with Gasteiger partial charge in [0.15, 0.2) is 0 Å². The summed E-state index contributed by atoms with van der Waals surface area (Å²) in [6.45, 7) is 0.939. The number of nitrogens with one attached hydrogen (secondary N) is 1. The van der Waals surface area contributed by atoms with Gasteiger partial charge < -0.3 is 15.2 Å². The molecule has 1 rings (SSSR count). The van der Waals surface area contributed by atoms with Crippen molar-refractivity contribution in [3.05, 3.63) is 34.1 Å². The topological polar surface area (TPSA) is 41.5 Å². The minimum Gasteiger partial charge on any atom is -0.394 e. The maximum atomic E-state index is 13.6. The van der Waals surface area contributed by atoms with Gasteiger partial charge >= 0.3 is 0 Å². The van der Waals surface area contributed by atoms with Crippen LogP contribution in [0.5, 0.6) is 0 Å². The van der Waals surface area contributed by atoms with Gasteiger partial charge in [0, 0.05) is 23.7 Å². The van der Waals surface area contributed by atoms with E-state index in [1.807, 2.05) is 0 Å². The van der Waals surface area contributed by atoms with Crippen molar-refractivity contribution in [3.63, 3.8) is 0 Å². The van der Waals surface area contributed by atoms with Gasteiger partial charge in [0.25, 0.3) is 0 Å². The highest BCUT2D eigenvalue weighted by molar-refractivity contribution is 9.10. The third kappa shape index (κ3) is 3.83. The van der Waals surface area contributed by atoms with E-state index in [0.29, 0.717) is 23.2 Å². The molecule has 0 saturated carbocycles. The molecule has 0 saturated heterocycles. The zero-order chi connectivity index (χ0) is 12.0. The van der Waals surface area contributed by atoms with Crippen LogP contribution in [0, 0.1) is 5.82 Å². The summed E-state index contributed by atoms with van der Waals surface area (Å²) in [5.41, 5.74) is 0.460. The Balaban J connectivity index is 2.70. The first kappa shape index (κ1) is 13.6. The first-order chi connectivity index (χ1) is 7.69. The predicted molar refractivity (Wildman–Crippen MR) is 63.8 cm³/mol. The normalized spacial score (nSPS) is 12.8. The Morgan fingerprint density at radius 1 is 1.56 bits per heavy atom. The molecule has 0 amide bonds. The number of benzene rings is 1. The van der Waals surface area contributed by atoms with E-state index in [9.17, 15) is 9.50 Å². The summed E-state index contributed by atoms with van der Waals surface area (Å²) in [6.07, 6.45) is 0. The van der Waals surface area contributed by atoms with Gasteiger partial charge in [-0.3, -0.25) is 0 Å². The molecule has 0 aliphatic heterocycles. The van der Waals surface area contributed by atoms with Crippen molar-refractivity contribution in [3.8, 4) is 0 Å². The van der Waals surface area contributed by atoms with Crippen LogP contribution < -0.4 is 5.32 Å². The van der Waals surface area contributed by atoms with Crippen LogP contribution in [0.2, 0.25) is 0 Å². The molecule has 16 heavy (non-hydrogen) atoms. The predicted octanol–water partition coefficient (Wildman–Crippen LogP) is 1.86. The van der Waals surface area contributed by atoms with Gasteiger partial charge in [0.2, 0.25) is 0 Å². The van der Waals surface area contributed by atoms with Gasteiger partial charge in [0.05, 0.1) is 19.3 Å². The summed E-state index contributed by atoms with van der Waals surface area (Å²) in [6, 6.07) is 4.39. The maximum Gasteiger partial charge on any atom is 0.129 e. The standard InChI is InChI=1S/C11H15BrFNO2/c1-16-5-4-14-11(7-15)9-3-2-8(12)6-10(9)13/h2-3,6,11,14-15H,4-5,7H2,1H3. The summed E-state index contributed by atoms with van der Waals surface area (Å²) < 4.78 is 19.1. The molecule has 1 unspecified atom stereocenters. The van der Waals surface area contributed by atoms with E-state index in [1.165, 1.54) is 6.07 Å². The van der Waals surface area contributed by atoms with E-state index in [1.54, 1.807) is 19.2 Å². The fraction of sp³-hybridized carbons (Fsp3) is 0.455. The number of aliphatic hydroxyl groups excluding tert-OH is 1. The zero-order valence-corrected chi connectivity index (χ0v) is 10.6. The quantitative estimate of drug-likeness (QED) is 0.786. The van der Waals surface area contributed by atoms with E-state index < -0.39 is 6.04 Å². The van der Waals surface area contributed by atoms with Gasteiger partial charge in [0.1, 0.15) is 5.82 Å². The van der Waals surface area contributed by atoms with Crippen molar-refractivity contribution < 1.29 is 14.2 Å². The fourth-order valence-corrected chi connectivity index (χ4v) is 1.73. The average molecular weight is 292 g/mol. The summed E-state index contributed by atoms with van der Waals surface area (Å²) >= 11 is 3.19. The van der Waals surface area contributed by atoms with Crippen LogP contribution in [0.15, 0.2) is 22.7 Å². The Labute approximate surface area is 103 Å². The Hall–Kier alpha value is -0.490. The molecule has 1 aromatic rings. The van der Waals surface area contributed by atoms with Crippen LogP contribution in [0.4, 0.5) is 4.39 Å². The monoisotopic (exact) mass is 291 g/mol. The highest BCUT2D eigenvalue weighted by Crippen LogP contribution is 2.20. The van der Waals surface area contributed by atoms with E-state index in [-0.39, 0.29) is 12.4 Å². The minimum atomic E-state index is -0.400. The van der Waals surface area contributed by atoms with Crippen molar-refractivity contribution in [2.45, 2.75) is 6.04 Å². The molecule has 0 aliphatic rings. The highest BCUT2D eigenvalue weighted by Gasteiger charge is 2.14. The molecule has 5 heteroatoms. The van der Waals surface area contributed by atoms with Gasteiger partial charge in [-0.1, -0.05) is 22.0 Å². The zero-order valence-electron chi connectivity index (χ0n) is 9.04. The lowest BCUT2D eigenvalue weighted by Gasteiger charge is -2.17. The number of aliphatic hydroxyl groups is 1. The summed E-state index contributed by atoms with van der Waals surface area (Å²) in [7, 11) is 1.59. The lowest BCUT2D eigenvalue weighted by molar-refractivity contribution is 0.183. The van der Waals surface area contributed by atoms with Crippen LogP contribution in [-0.4, -0.2) is 32.0 Å². The number of ether oxygens (including phenoxy) is 1. The minimum absolute atomic E-state index is 0.151. The third-order valence-corrected chi connectivity index (χ3v) is 2.71. The fourth-order valence-electron chi connectivity index (χ4n) is 1.39. The van der Waals surface area contributed by atoms with Gasteiger partial charge in [-0.2, -0.15) is 0 Å². The summed E-state index contributed by atoms with van der Waals surface area (Å²) in [5.74, 6) is -0.335. The van der Waals surface area contributed by atoms with Crippen molar-refractivity contribution in [2.75, 3.05) is 26.9 Å². The molecule has 1 aromatic carbocycles. The molecule has 3 nitrogen and oxygen atoms in total. The second-order valence-corrected chi connectivity index (χ2v) is 4.26. The number of halogens is 2. The lowest BCUT2D eigenvalue weighted by atomic mass is 10.1. The molecule has 1 atom stereocenters. The van der Waals surface area contributed by atoms with Gasteiger partial charge in [-0.25, -0.2) is 4.39 Å². The number of hydrogen-bond acceptors (Lipinski definition) is 3. The van der Waals surface area contributed by atoms with Crippen LogP contribution in [-0.2, 0) is 4.74 Å². The van der Waals surface area contributed by atoms with Crippen molar-refractivity contribution in [2.24, 2.45) is 0 Å². The molecule has 0 aromatic heterocycles. The first-order valence-electron chi connectivity index (χ1n) is 4.97. The van der Waals surface area contributed by atoms with Crippen LogP contribution >= 0.6 is 15.9 Å². The highest BCUT2D eigenvalue weighted by atomic mass is 79.9. The van der Waals surface area contributed by atoms with Crippen molar-refractivity contribution >= 4 is 15.9 Å². The molecule has 0 heterocycles. The lowest BCUT2D eigenvalue weighted by Crippen LogP contribution is -2.28. The van der Waals surface area contributed by atoms with Crippen molar-refractivity contribution in [1.82, 2.24) is 5.32 Å². The second-order valence-electron chi connectivity index (χ2n) is 3.35. The van der Waals surface area contributed by atoms with E-state index in [4.69, 9.17) is 4.74 Å². The summed E-state index contributed by atoms with van der Waals surface area (Å²) in [5, 5.41) is 12.2.